The Morgan fingerprint density at radius 1 is 1.33 bits per heavy atom. The highest BCUT2D eigenvalue weighted by atomic mass is 79.9. The third-order valence-electron chi connectivity index (χ3n) is 4.18. The molecule has 2 N–H and O–H groups in total. The average Bonchev–Trinajstić information content (AvgIpc) is 2.71. The lowest BCUT2D eigenvalue weighted by Gasteiger charge is -2.27. The van der Waals surface area contributed by atoms with Gasteiger partial charge < -0.3 is 10.6 Å². The van der Waals surface area contributed by atoms with E-state index >= 15 is 0 Å². The van der Waals surface area contributed by atoms with Crippen LogP contribution in [-0.2, 0) is 0 Å². The Labute approximate surface area is 115 Å². The van der Waals surface area contributed by atoms with Gasteiger partial charge in [-0.15, -0.1) is 0 Å². The first-order valence-corrected chi connectivity index (χ1v) is 7.24. The fraction of sp³-hybridized carbons (Fsp3) is 0.615. The van der Waals surface area contributed by atoms with Gasteiger partial charge in [-0.05, 0) is 53.1 Å². The predicted octanol–water partition coefficient (Wildman–Crippen LogP) is 2.55. The van der Waals surface area contributed by atoms with Crippen molar-refractivity contribution in [3.8, 4) is 0 Å². The molecule has 18 heavy (non-hydrogen) atoms. The van der Waals surface area contributed by atoms with Crippen molar-refractivity contribution in [3.05, 3.63) is 22.6 Å². The summed E-state index contributed by atoms with van der Waals surface area (Å²) in [5.41, 5.74) is 6.01. The molecule has 1 aliphatic carbocycles. The van der Waals surface area contributed by atoms with Gasteiger partial charge in [-0.1, -0.05) is 0 Å². The summed E-state index contributed by atoms with van der Waals surface area (Å²) in [7, 11) is 0. The number of nitrogens with zero attached hydrogens (tertiary/aromatic N) is 2. The van der Waals surface area contributed by atoms with Crippen LogP contribution < -0.4 is 10.6 Å². The molecule has 1 unspecified atom stereocenters. The maximum Gasteiger partial charge on any atom is 0.166 e. The standard InChI is InChI=1S/C13H17BrFN3/c14-10-4-12(15)13(17-5-10)18-6-8-1-2-11(16)3-9(8)7-18/h4-5,8-9,11H,1-3,6-7,16H2/t8-,9+,11?/m1/s1. The van der Waals surface area contributed by atoms with Crippen LogP contribution >= 0.6 is 15.9 Å². The van der Waals surface area contributed by atoms with Crippen LogP contribution in [0.5, 0.6) is 0 Å². The molecule has 2 heterocycles. The Bertz CT molecular complexity index is 454. The van der Waals surface area contributed by atoms with Crippen molar-refractivity contribution in [1.29, 1.82) is 0 Å². The molecule has 3 rings (SSSR count). The predicted molar refractivity (Wildman–Crippen MR) is 72.9 cm³/mol. The minimum Gasteiger partial charge on any atom is -0.354 e. The van der Waals surface area contributed by atoms with Crippen LogP contribution in [0.2, 0.25) is 0 Å². The largest absolute Gasteiger partial charge is 0.354 e. The third-order valence-corrected chi connectivity index (χ3v) is 4.61. The third kappa shape index (κ3) is 2.26. The number of hydrogen-bond donors (Lipinski definition) is 1. The highest BCUT2D eigenvalue weighted by Gasteiger charge is 2.37. The number of anilines is 1. The van der Waals surface area contributed by atoms with Crippen LogP contribution in [-0.4, -0.2) is 24.1 Å². The first-order valence-electron chi connectivity index (χ1n) is 6.45. The van der Waals surface area contributed by atoms with Crippen molar-refractivity contribution in [2.45, 2.75) is 25.3 Å². The molecule has 0 radical (unpaired) electrons. The molecular formula is C13H17BrFN3. The van der Waals surface area contributed by atoms with Gasteiger partial charge in [0.2, 0.25) is 0 Å². The van der Waals surface area contributed by atoms with E-state index in [1.165, 1.54) is 12.5 Å². The number of fused-ring (bicyclic) bond motifs is 1. The molecule has 1 saturated carbocycles. The average molecular weight is 314 g/mol. The van der Waals surface area contributed by atoms with Crippen LogP contribution in [0.4, 0.5) is 10.2 Å². The second-order valence-electron chi connectivity index (χ2n) is 5.46. The molecule has 0 aromatic carbocycles. The van der Waals surface area contributed by atoms with E-state index < -0.39 is 0 Å². The summed E-state index contributed by atoms with van der Waals surface area (Å²) >= 11 is 3.24. The lowest BCUT2D eigenvalue weighted by atomic mass is 9.79. The van der Waals surface area contributed by atoms with E-state index in [2.05, 4.69) is 25.8 Å². The summed E-state index contributed by atoms with van der Waals surface area (Å²) in [6.45, 7) is 1.81. The Hall–Kier alpha value is -0.680. The van der Waals surface area contributed by atoms with Gasteiger partial charge in [0, 0.05) is 29.8 Å². The molecule has 1 saturated heterocycles. The summed E-state index contributed by atoms with van der Waals surface area (Å²) in [5, 5.41) is 0. The van der Waals surface area contributed by atoms with E-state index in [1.54, 1.807) is 6.20 Å². The molecule has 1 aliphatic heterocycles. The van der Waals surface area contributed by atoms with Crippen molar-refractivity contribution < 1.29 is 4.39 Å². The number of nitrogens with two attached hydrogens (primary N) is 1. The maximum absolute atomic E-state index is 13.9. The fourth-order valence-electron chi connectivity index (χ4n) is 3.28. The SMILES string of the molecule is NC1CC[C@@H]2CN(c3ncc(Br)cc3F)C[C@@H]2C1. The Morgan fingerprint density at radius 2 is 2.11 bits per heavy atom. The topological polar surface area (TPSA) is 42.1 Å². The minimum absolute atomic E-state index is 0.243. The molecule has 3 nitrogen and oxygen atoms in total. The Balaban J connectivity index is 1.78. The summed E-state index contributed by atoms with van der Waals surface area (Å²) in [6, 6.07) is 1.81. The molecule has 5 heteroatoms. The van der Waals surface area contributed by atoms with E-state index in [9.17, 15) is 4.39 Å². The van der Waals surface area contributed by atoms with Crippen molar-refractivity contribution >= 4 is 21.7 Å². The van der Waals surface area contributed by atoms with Gasteiger partial charge in [0.1, 0.15) is 0 Å². The second kappa shape index (κ2) is 4.78. The van der Waals surface area contributed by atoms with Gasteiger partial charge in [-0.3, -0.25) is 0 Å². The molecule has 2 aliphatic rings. The lowest BCUT2D eigenvalue weighted by Crippen LogP contribution is -2.32. The summed E-state index contributed by atoms with van der Waals surface area (Å²) in [4.78, 5) is 6.29. The van der Waals surface area contributed by atoms with Crippen molar-refractivity contribution in [3.63, 3.8) is 0 Å². The molecule has 0 spiro atoms. The monoisotopic (exact) mass is 313 g/mol. The van der Waals surface area contributed by atoms with Crippen molar-refractivity contribution in [2.75, 3.05) is 18.0 Å². The summed E-state index contributed by atoms with van der Waals surface area (Å²) in [6.07, 6.45) is 5.00. The van der Waals surface area contributed by atoms with E-state index in [4.69, 9.17) is 5.73 Å². The molecule has 98 valence electrons. The van der Waals surface area contributed by atoms with Crippen LogP contribution in [0.3, 0.4) is 0 Å². The van der Waals surface area contributed by atoms with Gasteiger partial charge in [-0.25, -0.2) is 9.37 Å². The van der Waals surface area contributed by atoms with Gasteiger partial charge in [0.05, 0.1) is 0 Å². The zero-order valence-corrected chi connectivity index (χ0v) is 11.7. The maximum atomic E-state index is 13.9. The van der Waals surface area contributed by atoms with E-state index in [1.807, 2.05) is 0 Å². The molecule has 0 bridgehead atoms. The highest BCUT2D eigenvalue weighted by molar-refractivity contribution is 9.10. The number of aromatic nitrogens is 1. The number of halogens is 2. The number of pyridine rings is 1. The van der Waals surface area contributed by atoms with Crippen LogP contribution in [0.15, 0.2) is 16.7 Å². The summed E-state index contributed by atoms with van der Waals surface area (Å²) < 4.78 is 14.6. The zero-order valence-electron chi connectivity index (χ0n) is 10.1. The number of rotatable bonds is 1. The van der Waals surface area contributed by atoms with Crippen molar-refractivity contribution in [1.82, 2.24) is 4.98 Å². The first-order chi connectivity index (χ1) is 8.63. The quantitative estimate of drug-likeness (QED) is 0.866. The van der Waals surface area contributed by atoms with Gasteiger partial charge in [0.15, 0.2) is 11.6 Å². The molecule has 1 aromatic heterocycles. The zero-order chi connectivity index (χ0) is 12.7. The van der Waals surface area contributed by atoms with E-state index in [0.717, 1.165) is 25.9 Å². The Morgan fingerprint density at radius 3 is 2.89 bits per heavy atom. The molecule has 3 atom stereocenters. The van der Waals surface area contributed by atoms with E-state index in [0.29, 0.717) is 28.2 Å². The van der Waals surface area contributed by atoms with E-state index in [-0.39, 0.29) is 5.82 Å². The first kappa shape index (κ1) is 12.4. The summed E-state index contributed by atoms with van der Waals surface area (Å²) in [5.74, 6) is 1.52. The highest BCUT2D eigenvalue weighted by Crippen LogP contribution is 2.37. The van der Waals surface area contributed by atoms with Crippen LogP contribution in [0.25, 0.3) is 0 Å². The molecule has 0 amide bonds. The van der Waals surface area contributed by atoms with Gasteiger partial charge in [-0.2, -0.15) is 0 Å². The lowest BCUT2D eigenvalue weighted by molar-refractivity contribution is 0.271. The van der Waals surface area contributed by atoms with Crippen LogP contribution in [0, 0.1) is 17.7 Å². The fourth-order valence-corrected chi connectivity index (χ4v) is 3.58. The van der Waals surface area contributed by atoms with Crippen molar-refractivity contribution in [2.24, 2.45) is 17.6 Å². The normalized spacial score (nSPS) is 31.5. The smallest absolute Gasteiger partial charge is 0.166 e. The minimum atomic E-state index is -0.243. The number of hydrogen-bond acceptors (Lipinski definition) is 3. The Kier molecular flexibility index (Phi) is 3.28. The molecule has 2 fully saturated rings. The van der Waals surface area contributed by atoms with Crippen LogP contribution in [0.1, 0.15) is 19.3 Å². The van der Waals surface area contributed by atoms with Gasteiger partial charge >= 0.3 is 0 Å². The van der Waals surface area contributed by atoms with Gasteiger partial charge in [0.25, 0.3) is 0 Å². The molecule has 1 aromatic rings. The second-order valence-corrected chi connectivity index (χ2v) is 6.37. The molecular weight excluding hydrogens is 297 g/mol.